The van der Waals surface area contributed by atoms with E-state index in [-0.39, 0.29) is 44.2 Å². The maximum atomic E-state index is 15.5. The van der Waals surface area contributed by atoms with E-state index in [1.165, 1.54) is 42.4 Å². The third kappa shape index (κ3) is 11.6. The third-order valence-electron chi connectivity index (χ3n) is 9.28. The molecule has 1 heterocycles. The lowest BCUT2D eigenvalue weighted by molar-refractivity contribution is 0.139. The maximum Gasteiger partial charge on any atom is 0.407 e. The van der Waals surface area contributed by atoms with Gasteiger partial charge in [0.05, 0.1) is 33.4 Å². The van der Waals surface area contributed by atoms with Crippen molar-refractivity contribution in [2.24, 2.45) is 0 Å². The number of alkyl carbamates (subject to hydrolysis) is 1. The Labute approximate surface area is 368 Å². The van der Waals surface area contributed by atoms with Gasteiger partial charge in [-0.15, -0.1) is 10.2 Å². The first kappa shape index (κ1) is 44.9. The Morgan fingerprint density at radius 3 is 1.82 bits per heavy atom. The number of methoxy groups -OCH3 is 3. The molecule has 0 saturated carbocycles. The molecular weight excluding hydrogens is 938 g/mol. The van der Waals surface area contributed by atoms with E-state index in [1.807, 2.05) is 52.9 Å². The molecule has 1 aromatic heterocycles. The van der Waals surface area contributed by atoms with Gasteiger partial charge in [-0.05, 0) is 106 Å². The zero-order valence-electron chi connectivity index (χ0n) is 33.7. The highest BCUT2D eigenvalue weighted by molar-refractivity contribution is 14.1. The van der Waals surface area contributed by atoms with Crippen molar-refractivity contribution in [2.75, 3.05) is 27.9 Å². The van der Waals surface area contributed by atoms with Gasteiger partial charge in [-0.3, -0.25) is 0 Å². The second-order valence-corrected chi connectivity index (χ2v) is 18.4. The van der Waals surface area contributed by atoms with E-state index in [1.54, 1.807) is 79.9 Å². The molecule has 0 aliphatic heterocycles. The fourth-order valence-corrected chi connectivity index (χ4v) is 10.7. The summed E-state index contributed by atoms with van der Waals surface area (Å²) in [5, 5.41) is 15.6. The molecule has 0 bridgehead atoms. The number of carbonyl (C=O) groups excluding carboxylic acids is 1. The summed E-state index contributed by atoms with van der Waals surface area (Å²) < 4.78 is 85.2. The van der Waals surface area contributed by atoms with Crippen molar-refractivity contribution in [3.05, 3.63) is 141 Å². The summed E-state index contributed by atoms with van der Waals surface area (Å²) in [5.41, 5.74) is 2.74. The summed E-state index contributed by atoms with van der Waals surface area (Å²) in [7, 11) is -4.80. The van der Waals surface area contributed by atoms with Gasteiger partial charge >= 0.3 is 6.09 Å². The standard InChI is InChI=1S/C42H44IN7O9S2/c1-29(24-44-42(51)59-28-33-8-6-5-7-9-33)47-60(52,53)38-23-22-37(43)39(41-45-48-50(46-41)27-32-14-20-36(58-4)21-15-32)40(38)61(54,55)49(25-30-10-16-34(56-2)17-11-30)26-31-12-18-35(57-3)19-13-31/h5-23,29,47H,24-28H2,1-4H3,(H,44,51)/t29-/m0/s1. The van der Waals surface area contributed by atoms with Crippen molar-refractivity contribution in [1.29, 1.82) is 0 Å². The number of ether oxygens (including phenoxy) is 4. The normalized spacial score (nSPS) is 12.2. The van der Waals surface area contributed by atoms with Crippen LogP contribution in [0.4, 0.5) is 4.79 Å². The number of hydrogen-bond donors (Lipinski definition) is 2. The van der Waals surface area contributed by atoms with Crippen LogP contribution in [0.15, 0.2) is 125 Å². The Bertz CT molecular complexity index is 2580. The van der Waals surface area contributed by atoms with Crippen LogP contribution in [-0.2, 0) is 51.0 Å². The van der Waals surface area contributed by atoms with Crippen molar-refractivity contribution in [3.8, 4) is 28.6 Å². The average molecular weight is 982 g/mol. The molecule has 0 saturated heterocycles. The van der Waals surface area contributed by atoms with Gasteiger partial charge in [0.25, 0.3) is 0 Å². The van der Waals surface area contributed by atoms with Gasteiger partial charge in [0.2, 0.25) is 25.9 Å². The lowest BCUT2D eigenvalue weighted by Gasteiger charge is -2.26. The zero-order valence-corrected chi connectivity index (χ0v) is 37.5. The minimum Gasteiger partial charge on any atom is -0.497 e. The number of hydrogen-bond acceptors (Lipinski definition) is 12. The fourth-order valence-electron chi connectivity index (χ4n) is 6.12. The molecule has 5 aromatic carbocycles. The Balaban J connectivity index is 1.40. The number of carbonyl (C=O) groups is 1. The van der Waals surface area contributed by atoms with Gasteiger partial charge in [-0.25, -0.2) is 26.4 Å². The van der Waals surface area contributed by atoms with Gasteiger partial charge in [-0.1, -0.05) is 66.7 Å². The van der Waals surface area contributed by atoms with E-state index < -0.39 is 42.0 Å². The lowest BCUT2D eigenvalue weighted by Crippen LogP contribution is -2.42. The molecule has 16 nitrogen and oxygen atoms in total. The Morgan fingerprint density at radius 1 is 0.738 bits per heavy atom. The molecule has 19 heteroatoms. The van der Waals surface area contributed by atoms with E-state index in [0.717, 1.165) is 11.1 Å². The highest BCUT2D eigenvalue weighted by atomic mass is 127. The second kappa shape index (κ2) is 20.3. The molecule has 1 atom stereocenters. The number of aromatic nitrogens is 4. The van der Waals surface area contributed by atoms with Gasteiger partial charge < -0.3 is 24.3 Å². The molecule has 0 fully saturated rings. The monoisotopic (exact) mass is 981 g/mol. The number of rotatable bonds is 19. The number of tetrazole rings is 1. The van der Waals surface area contributed by atoms with Crippen LogP contribution in [0.25, 0.3) is 11.4 Å². The first-order valence-electron chi connectivity index (χ1n) is 18.8. The zero-order chi connectivity index (χ0) is 43.6. The van der Waals surface area contributed by atoms with Crippen LogP contribution in [0.3, 0.4) is 0 Å². The van der Waals surface area contributed by atoms with Crippen molar-refractivity contribution in [1.82, 2.24) is 34.6 Å². The van der Waals surface area contributed by atoms with Gasteiger partial charge in [-0.2, -0.15) is 9.10 Å². The van der Waals surface area contributed by atoms with Crippen LogP contribution < -0.4 is 24.2 Å². The first-order valence-corrected chi connectivity index (χ1v) is 22.8. The summed E-state index contributed by atoms with van der Waals surface area (Å²) in [6.45, 7) is 1.24. The highest BCUT2D eigenvalue weighted by Gasteiger charge is 2.37. The summed E-state index contributed by atoms with van der Waals surface area (Å²) >= 11 is 1.94. The third-order valence-corrected chi connectivity index (χ3v) is 13.8. The predicted octanol–water partition coefficient (Wildman–Crippen LogP) is 6.00. The van der Waals surface area contributed by atoms with Crippen LogP contribution in [0.2, 0.25) is 0 Å². The van der Waals surface area contributed by atoms with Gasteiger partial charge in [0, 0.05) is 29.2 Å². The topological polar surface area (TPSA) is 193 Å². The van der Waals surface area contributed by atoms with E-state index >= 15 is 8.42 Å². The summed E-state index contributed by atoms with van der Waals surface area (Å²) in [5.74, 6) is 1.70. The number of nitrogens with zero attached hydrogens (tertiary/aromatic N) is 5. The van der Waals surface area contributed by atoms with Gasteiger partial charge in [0.15, 0.2) is 0 Å². The van der Waals surface area contributed by atoms with Crippen molar-refractivity contribution in [3.63, 3.8) is 0 Å². The Kier molecular flexibility index (Phi) is 15.0. The van der Waals surface area contributed by atoms with Crippen molar-refractivity contribution < 1.29 is 40.6 Å². The first-order chi connectivity index (χ1) is 29.3. The molecule has 0 unspecified atom stereocenters. The minimum absolute atomic E-state index is 0.0156. The average Bonchev–Trinajstić information content (AvgIpc) is 3.73. The molecule has 6 aromatic rings. The predicted molar refractivity (Wildman–Crippen MR) is 235 cm³/mol. The molecule has 0 aliphatic carbocycles. The molecule has 0 aliphatic rings. The number of halogens is 1. The van der Waals surface area contributed by atoms with Crippen LogP contribution >= 0.6 is 22.6 Å². The van der Waals surface area contributed by atoms with Crippen LogP contribution in [-0.4, -0.2) is 81.4 Å². The molecule has 0 spiro atoms. The Morgan fingerprint density at radius 2 is 1.28 bits per heavy atom. The molecule has 320 valence electrons. The maximum absolute atomic E-state index is 15.5. The summed E-state index contributed by atoms with van der Waals surface area (Å²) in [4.78, 5) is 12.7. The van der Waals surface area contributed by atoms with Crippen LogP contribution in [0.1, 0.15) is 29.2 Å². The molecule has 2 N–H and O–H groups in total. The second-order valence-electron chi connectivity index (χ2n) is 13.7. The lowest BCUT2D eigenvalue weighted by atomic mass is 10.2. The SMILES string of the molecule is COc1ccc(CN(Cc2ccc(OC)cc2)S(=O)(=O)c2c(S(=O)(=O)N[C@@H](C)CNC(=O)OCc3ccccc3)ccc(I)c2-c2nnn(Cc3ccc(OC)cc3)n2)cc1. The number of amides is 1. The van der Waals surface area contributed by atoms with Crippen molar-refractivity contribution >= 4 is 48.7 Å². The van der Waals surface area contributed by atoms with E-state index in [4.69, 9.17) is 18.9 Å². The highest BCUT2D eigenvalue weighted by Crippen LogP contribution is 2.38. The molecule has 6 rings (SSSR count). The van der Waals surface area contributed by atoms with E-state index in [2.05, 4.69) is 25.4 Å². The molecular formula is C42H44IN7O9S2. The van der Waals surface area contributed by atoms with Crippen LogP contribution in [0.5, 0.6) is 17.2 Å². The van der Waals surface area contributed by atoms with E-state index in [0.29, 0.717) is 31.9 Å². The fraction of sp³-hybridized carbons (Fsp3) is 0.238. The molecule has 1 amide bonds. The molecule has 61 heavy (non-hydrogen) atoms. The van der Waals surface area contributed by atoms with E-state index in [9.17, 15) is 13.2 Å². The number of benzene rings is 5. The quantitative estimate of drug-likeness (QED) is 0.0901. The smallest absolute Gasteiger partial charge is 0.407 e. The summed E-state index contributed by atoms with van der Waals surface area (Å²) in [6, 6.07) is 31.9. The largest absolute Gasteiger partial charge is 0.497 e. The molecule has 0 radical (unpaired) electrons. The number of sulfonamides is 2. The number of nitrogens with one attached hydrogen (secondary N) is 2. The summed E-state index contributed by atoms with van der Waals surface area (Å²) in [6.07, 6.45) is -0.758. The minimum atomic E-state index is -4.77. The van der Waals surface area contributed by atoms with Gasteiger partial charge in [0.1, 0.15) is 33.6 Å². The Hall–Kier alpha value is -5.61. The van der Waals surface area contributed by atoms with Crippen molar-refractivity contribution in [2.45, 2.75) is 49.0 Å². The van der Waals surface area contributed by atoms with Crippen LogP contribution in [0, 0.1) is 3.57 Å².